The fourth-order valence-corrected chi connectivity index (χ4v) is 7.64. The Hall–Kier alpha value is -7.43. The van der Waals surface area contributed by atoms with Gasteiger partial charge in [0.05, 0.1) is 16.7 Å². The van der Waals surface area contributed by atoms with E-state index in [-0.39, 0.29) is 0 Å². The average molecular weight is 703 g/mol. The fourth-order valence-electron chi connectivity index (χ4n) is 7.64. The summed E-state index contributed by atoms with van der Waals surface area (Å²) >= 11 is 0. The first kappa shape index (κ1) is 32.2. The first-order chi connectivity index (χ1) is 27.3. The van der Waals surface area contributed by atoms with Gasteiger partial charge < -0.3 is 4.57 Å². The van der Waals surface area contributed by atoms with E-state index in [1.807, 2.05) is 24.3 Å². The highest BCUT2D eigenvalue weighted by molar-refractivity contribution is 6.16. The van der Waals surface area contributed by atoms with Crippen LogP contribution in [0.15, 0.2) is 206 Å². The normalized spacial score (nSPS) is 11.3. The molecule has 0 saturated heterocycles. The maximum absolute atomic E-state index is 5.26. The number of fused-ring (bicyclic) bond motifs is 3. The van der Waals surface area contributed by atoms with E-state index in [1.165, 1.54) is 27.5 Å². The molecule has 0 aliphatic carbocycles. The summed E-state index contributed by atoms with van der Waals surface area (Å²) in [6.45, 7) is 0. The zero-order valence-corrected chi connectivity index (χ0v) is 29.9. The van der Waals surface area contributed by atoms with Crippen LogP contribution in [0.25, 0.3) is 95.0 Å². The number of hydrogen-bond acceptors (Lipinski definition) is 3. The van der Waals surface area contributed by atoms with Gasteiger partial charge in [0.1, 0.15) is 0 Å². The molecule has 10 aromatic rings. The van der Waals surface area contributed by atoms with Crippen LogP contribution in [0.2, 0.25) is 0 Å². The van der Waals surface area contributed by atoms with Crippen LogP contribution in [0.1, 0.15) is 0 Å². The average Bonchev–Trinajstić information content (AvgIpc) is 3.62. The van der Waals surface area contributed by atoms with Crippen molar-refractivity contribution in [3.63, 3.8) is 0 Å². The molecule has 0 radical (unpaired) electrons. The molecule has 0 fully saturated rings. The number of aromatic nitrogens is 4. The highest BCUT2D eigenvalue weighted by Crippen LogP contribution is 2.41. The number of nitrogens with zero attached hydrogens (tertiary/aromatic N) is 4. The van der Waals surface area contributed by atoms with E-state index in [0.717, 1.165) is 50.1 Å². The smallest absolute Gasteiger partial charge is 0.166 e. The number of hydrogen-bond donors (Lipinski definition) is 0. The van der Waals surface area contributed by atoms with Crippen LogP contribution in [0.3, 0.4) is 0 Å². The second kappa shape index (κ2) is 13.8. The van der Waals surface area contributed by atoms with Crippen LogP contribution in [0.5, 0.6) is 0 Å². The van der Waals surface area contributed by atoms with Crippen LogP contribution in [0, 0.1) is 0 Å². The lowest BCUT2D eigenvalue weighted by atomic mass is 9.99. The van der Waals surface area contributed by atoms with Gasteiger partial charge in [-0.25, -0.2) is 15.0 Å². The Morgan fingerprint density at radius 3 is 1.40 bits per heavy atom. The summed E-state index contributed by atoms with van der Waals surface area (Å²) in [4.78, 5) is 15.6. The molecular formula is C51H34N4. The molecule has 0 N–H and O–H groups in total. The molecule has 0 aliphatic heterocycles. The third-order valence-corrected chi connectivity index (χ3v) is 10.3. The third-order valence-electron chi connectivity index (χ3n) is 10.3. The van der Waals surface area contributed by atoms with Crippen molar-refractivity contribution in [1.29, 1.82) is 0 Å². The molecule has 0 unspecified atom stereocenters. The lowest BCUT2D eigenvalue weighted by Crippen LogP contribution is -2.04. The molecule has 0 amide bonds. The summed E-state index contributed by atoms with van der Waals surface area (Å²) in [5.41, 5.74) is 12.9. The molecule has 4 nitrogen and oxygen atoms in total. The summed E-state index contributed by atoms with van der Waals surface area (Å²) in [6, 6.07) is 72.2. The third kappa shape index (κ3) is 5.96. The van der Waals surface area contributed by atoms with E-state index in [1.54, 1.807) is 0 Å². The minimum Gasteiger partial charge on any atom is -0.308 e. The predicted molar refractivity (Wildman–Crippen MR) is 227 cm³/mol. The van der Waals surface area contributed by atoms with Crippen molar-refractivity contribution in [2.75, 3.05) is 0 Å². The number of benzene rings is 8. The van der Waals surface area contributed by atoms with Crippen molar-refractivity contribution in [1.82, 2.24) is 19.5 Å². The minimum atomic E-state index is 0.607. The molecule has 0 bridgehead atoms. The summed E-state index contributed by atoms with van der Waals surface area (Å²) in [5, 5.41) is 2.40. The SMILES string of the molecule is c1ccc(-c2ccc(-c3nc(-c4ccccc4)nc(-c4ccc(-c5ccccc5)cc4-n4c5ccccc5c5c(-c6ccccc6)cccc54)n3)cc2)cc1. The van der Waals surface area contributed by atoms with E-state index >= 15 is 0 Å². The number of rotatable bonds is 7. The summed E-state index contributed by atoms with van der Waals surface area (Å²) < 4.78 is 2.39. The Morgan fingerprint density at radius 1 is 0.291 bits per heavy atom. The molecule has 0 aliphatic rings. The highest BCUT2D eigenvalue weighted by Gasteiger charge is 2.21. The van der Waals surface area contributed by atoms with E-state index in [2.05, 4.69) is 187 Å². The van der Waals surface area contributed by atoms with E-state index in [9.17, 15) is 0 Å². The molecule has 0 spiro atoms. The van der Waals surface area contributed by atoms with Crippen LogP contribution >= 0.6 is 0 Å². The van der Waals surface area contributed by atoms with E-state index in [4.69, 9.17) is 15.0 Å². The van der Waals surface area contributed by atoms with Crippen LogP contribution in [-0.2, 0) is 0 Å². The molecule has 0 saturated carbocycles. The summed E-state index contributed by atoms with van der Waals surface area (Å²) in [5.74, 6) is 1.85. The van der Waals surface area contributed by atoms with Gasteiger partial charge in [0.2, 0.25) is 0 Å². The van der Waals surface area contributed by atoms with Gasteiger partial charge in [-0.05, 0) is 57.6 Å². The lowest BCUT2D eigenvalue weighted by Gasteiger charge is -2.16. The Bertz CT molecular complexity index is 2940. The summed E-state index contributed by atoms with van der Waals surface area (Å²) in [7, 11) is 0. The second-order valence-corrected chi connectivity index (χ2v) is 13.6. The molecule has 10 rings (SSSR count). The molecule has 2 heterocycles. The molecule has 8 aromatic carbocycles. The van der Waals surface area contributed by atoms with Gasteiger partial charge in [-0.3, -0.25) is 0 Å². The van der Waals surface area contributed by atoms with E-state index < -0.39 is 0 Å². The van der Waals surface area contributed by atoms with Gasteiger partial charge in [0, 0.05) is 27.5 Å². The molecule has 0 atom stereocenters. The Kier molecular flexibility index (Phi) is 8.12. The zero-order valence-electron chi connectivity index (χ0n) is 29.9. The van der Waals surface area contributed by atoms with Crippen molar-refractivity contribution in [2.24, 2.45) is 0 Å². The van der Waals surface area contributed by atoms with Crippen molar-refractivity contribution in [2.45, 2.75) is 0 Å². The van der Waals surface area contributed by atoms with Crippen molar-refractivity contribution < 1.29 is 0 Å². The maximum Gasteiger partial charge on any atom is 0.166 e. The van der Waals surface area contributed by atoms with Crippen LogP contribution in [0.4, 0.5) is 0 Å². The van der Waals surface area contributed by atoms with Gasteiger partial charge in [-0.2, -0.15) is 0 Å². The Balaban J connectivity index is 1.24. The molecule has 55 heavy (non-hydrogen) atoms. The lowest BCUT2D eigenvalue weighted by molar-refractivity contribution is 1.06. The van der Waals surface area contributed by atoms with Gasteiger partial charge in [-0.1, -0.05) is 182 Å². The first-order valence-corrected chi connectivity index (χ1v) is 18.5. The van der Waals surface area contributed by atoms with Gasteiger partial charge in [-0.15, -0.1) is 0 Å². The number of para-hydroxylation sites is 1. The van der Waals surface area contributed by atoms with Gasteiger partial charge in [0.15, 0.2) is 17.5 Å². The first-order valence-electron chi connectivity index (χ1n) is 18.5. The predicted octanol–water partition coefficient (Wildman–Crippen LogP) is 13.0. The quantitative estimate of drug-likeness (QED) is 0.166. The van der Waals surface area contributed by atoms with Crippen molar-refractivity contribution >= 4 is 21.8 Å². The van der Waals surface area contributed by atoms with E-state index in [0.29, 0.717) is 17.5 Å². The Labute approximate surface area is 319 Å². The zero-order chi connectivity index (χ0) is 36.6. The van der Waals surface area contributed by atoms with Gasteiger partial charge >= 0.3 is 0 Å². The van der Waals surface area contributed by atoms with Gasteiger partial charge in [0.25, 0.3) is 0 Å². The monoisotopic (exact) mass is 702 g/mol. The van der Waals surface area contributed by atoms with Crippen LogP contribution in [-0.4, -0.2) is 19.5 Å². The van der Waals surface area contributed by atoms with Crippen molar-refractivity contribution in [3.8, 4) is 73.2 Å². The molecule has 258 valence electrons. The highest BCUT2D eigenvalue weighted by atomic mass is 15.1. The largest absolute Gasteiger partial charge is 0.308 e. The maximum atomic E-state index is 5.26. The van der Waals surface area contributed by atoms with Crippen LogP contribution < -0.4 is 0 Å². The second-order valence-electron chi connectivity index (χ2n) is 13.6. The summed E-state index contributed by atoms with van der Waals surface area (Å²) in [6.07, 6.45) is 0. The fraction of sp³-hybridized carbons (Fsp3) is 0. The minimum absolute atomic E-state index is 0.607. The molecular weight excluding hydrogens is 669 g/mol. The van der Waals surface area contributed by atoms with Crippen molar-refractivity contribution in [3.05, 3.63) is 206 Å². The Morgan fingerprint density at radius 2 is 0.745 bits per heavy atom. The topological polar surface area (TPSA) is 43.6 Å². The molecule has 4 heteroatoms. The molecule has 2 aromatic heterocycles. The standard InChI is InChI=1S/C51H34N4/c1-5-16-35(17-6-1)37-28-30-40(31-29-37)50-52-49(39-22-11-4-12-23-39)53-51(54-50)44-33-32-41(36-18-7-2-8-19-36)34-47(44)55-45-26-14-13-24-43(45)48-42(25-15-27-46(48)55)38-20-9-3-10-21-38/h1-34H.